The van der Waals surface area contributed by atoms with Gasteiger partial charge in [0.1, 0.15) is 0 Å². The number of aryl methyl sites for hydroxylation is 2. The number of para-hydroxylation sites is 1. The van der Waals surface area contributed by atoms with Crippen LogP contribution in [-0.4, -0.2) is 4.57 Å². The molecule has 0 N–H and O–H groups in total. The molecule has 4 rings (SSSR count). The van der Waals surface area contributed by atoms with Gasteiger partial charge in [-0.25, -0.2) is 0 Å². The minimum absolute atomic E-state index is 0.668. The van der Waals surface area contributed by atoms with Crippen molar-refractivity contribution in [2.24, 2.45) is 7.05 Å². The van der Waals surface area contributed by atoms with Gasteiger partial charge >= 0.3 is 0 Å². The van der Waals surface area contributed by atoms with Crippen LogP contribution in [0.15, 0.2) is 66.9 Å². The monoisotopic (exact) mass is 338 g/mol. The van der Waals surface area contributed by atoms with Gasteiger partial charge < -0.3 is 4.57 Å². The SMILES string of the molecule is Cc1c(-c2cc3ccccc3n2C)cc(C#N)cc1-[n+]1ccccc1C. The second-order valence-corrected chi connectivity index (χ2v) is 6.64. The Morgan fingerprint density at radius 3 is 2.46 bits per heavy atom. The molecule has 0 unspecified atom stereocenters. The van der Waals surface area contributed by atoms with Crippen LogP contribution < -0.4 is 4.57 Å². The number of fused-ring (bicyclic) bond motifs is 1. The third-order valence-electron chi connectivity index (χ3n) is 5.06. The van der Waals surface area contributed by atoms with Gasteiger partial charge in [-0.2, -0.15) is 9.83 Å². The smallest absolute Gasteiger partial charge is 0.215 e. The summed E-state index contributed by atoms with van der Waals surface area (Å²) in [5.74, 6) is 0. The molecule has 26 heavy (non-hydrogen) atoms. The molecule has 0 aliphatic heterocycles. The largest absolute Gasteiger partial charge is 0.344 e. The fourth-order valence-electron chi connectivity index (χ4n) is 3.63. The van der Waals surface area contributed by atoms with Crippen molar-refractivity contribution in [3.63, 3.8) is 0 Å². The Balaban J connectivity index is 2.03. The summed E-state index contributed by atoms with van der Waals surface area (Å²) in [5, 5.41) is 10.8. The third kappa shape index (κ3) is 2.48. The molecule has 0 bridgehead atoms. The molecule has 3 nitrogen and oxygen atoms in total. The van der Waals surface area contributed by atoms with E-state index in [2.05, 4.69) is 72.5 Å². The van der Waals surface area contributed by atoms with Crippen molar-refractivity contribution in [3.8, 4) is 23.0 Å². The van der Waals surface area contributed by atoms with E-state index in [1.165, 1.54) is 10.9 Å². The predicted molar refractivity (Wildman–Crippen MR) is 104 cm³/mol. The zero-order valence-corrected chi connectivity index (χ0v) is 15.2. The Labute approximate surface area is 153 Å². The molecule has 4 aromatic rings. The molecule has 2 heterocycles. The maximum Gasteiger partial charge on any atom is 0.215 e. The first-order valence-electron chi connectivity index (χ1n) is 8.67. The average molecular weight is 338 g/mol. The van der Waals surface area contributed by atoms with Crippen LogP contribution in [0.2, 0.25) is 0 Å². The number of hydrogen-bond acceptors (Lipinski definition) is 1. The molecule has 0 spiro atoms. The number of rotatable bonds is 2. The summed E-state index contributed by atoms with van der Waals surface area (Å²) < 4.78 is 4.34. The van der Waals surface area contributed by atoms with Crippen LogP contribution in [0.25, 0.3) is 27.8 Å². The molecule has 0 radical (unpaired) electrons. The molecule has 0 saturated heterocycles. The number of nitrogens with zero attached hydrogens (tertiary/aromatic N) is 3. The normalized spacial score (nSPS) is 10.8. The molecule has 2 aromatic heterocycles. The van der Waals surface area contributed by atoms with Crippen LogP contribution in [-0.2, 0) is 7.05 Å². The van der Waals surface area contributed by atoms with Gasteiger partial charge in [0.15, 0.2) is 11.9 Å². The van der Waals surface area contributed by atoms with Gasteiger partial charge in [-0.3, -0.25) is 0 Å². The summed E-state index contributed by atoms with van der Waals surface area (Å²) in [7, 11) is 2.08. The van der Waals surface area contributed by atoms with Gasteiger partial charge in [-0.1, -0.05) is 24.3 Å². The summed E-state index contributed by atoms with van der Waals surface area (Å²) in [6, 6.07) is 23.0. The maximum absolute atomic E-state index is 9.58. The first-order valence-corrected chi connectivity index (χ1v) is 8.67. The van der Waals surface area contributed by atoms with E-state index in [4.69, 9.17) is 0 Å². The molecule has 0 fully saturated rings. The second kappa shape index (κ2) is 6.16. The van der Waals surface area contributed by atoms with Gasteiger partial charge in [-0.15, -0.1) is 0 Å². The summed E-state index contributed by atoms with van der Waals surface area (Å²) >= 11 is 0. The average Bonchev–Trinajstić information content (AvgIpc) is 2.99. The van der Waals surface area contributed by atoms with Crippen LogP contribution in [0.5, 0.6) is 0 Å². The van der Waals surface area contributed by atoms with Crippen molar-refractivity contribution in [2.45, 2.75) is 13.8 Å². The summed E-state index contributed by atoms with van der Waals surface area (Å²) in [6.45, 7) is 4.21. The molecule has 0 atom stereocenters. The van der Waals surface area contributed by atoms with E-state index in [0.29, 0.717) is 5.56 Å². The Bertz CT molecular complexity index is 1180. The minimum Gasteiger partial charge on any atom is -0.344 e. The van der Waals surface area contributed by atoms with Crippen molar-refractivity contribution in [2.75, 3.05) is 0 Å². The van der Waals surface area contributed by atoms with Crippen molar-refractivity contribution < 1.29 is 4.57 Å². The highest BCUT2D eigenvalue weighted by atomic mass is 15.0. The minimum atomic E-state index is 0.668. The molecular weight excluding hydrogens is 318 g/mol. The molecule has 0 aliphatic carbocycles. The number of pyridine rings is 1. The summed E-state index contributed by atoms with van der Waals surface area (Å²) in [6.07, 6.45) is 2.05. The van der Waals surface area contributed by atoms with Crippen molar-refractivity contribution in [1.82, 2.24) is 4.57 Å². The molecule has 0 aliphatic rings. The van der Waals surface area contributed by atoms with Crippen LogP contribution in [0.4, 0.5) is 0 Å². The Morgan fingerprint density at radius 2 is 1.73 bits per heavy atom. The second-order valence-electron chi connectivity index (χ2n) is 6.64. The lowest BCUT2D eigenvalue weighted by Crippen LogP contribution is -2.34. The van der Waals surface area contributed by atoms with Crippen LogP contribution in [0.1, 0.15) is 16.8 Å². The molecule has 0 saturated carbocycles. The highest BCUT2D eigenvalue weighted by molar-refractivity contribution is 5.88. The highest BCUT2D eigenvalue weighted by Gasteiger charge is 2.20. The highest BCUT2D eigenvalue weighted by Crippen LogP contribution is 2.32. The third-order valence-corrected chi connectivity index (χ3v) is 5.06. The lowest BCUT2D eigenvalue weighted by atomic mass is 9.99. The van der Waals surface area contributed by atoms with Crippen molar-refractivity contribution in [1.29, 1.82) is 5.26 Å². The Hall–Kier alpha value is -3.38. The number of hydrogen-bond donors (Lipinski definition) is 0. The first kappa shape index (κ1) is 16.1. The molecule has 126 valence electrons. The van der Waals surface area contributed by atoms with E-state index in [1.54, 1.807) is 0 Å². The Kier molecular flexibility index (Phi) is 3.82. The van der Waals surface area contributed by atoms with Crippen molar-refractivity contribution >= 4 is 10.9 Å². The topological polar surface area (TPSA) is 32.6 Å². The van der Waals surface area contributed by atoms with E-state index >= 15 is 0 Å². The zero-order valence-electron chi connectivity index (χ0n) is 15.2. The van der Waals surface area contributed by atoms with Gasteiger partial charge in [-0.05, 0) is 25.1 Å². The van der Waals surface area contributed by atoms with Gasteiger partial charge in [0.2, 0.25) is 5.69 Å². The molecule has 0 amide bonds. The van der Waals surface area contributed by atoms with Crippen LogP contribution in [0.3, 0.4) is 0 Å². The predicted octanol–water partition coefficient (Wildman–Crippen LogP) is 4.61. The fourth-order valence-corrected chi connectivity index (χ4v) is 3.63. The van der Waals surface area contributed by atoms with Gasteiger partial charge in [0.25, 0.3) is 0 Å². The molecule has 2 aromatic carbocycles. The van der Waals surface area contributed by atoms with E-state index in [1.807, 2.05) is 30.5 Å². The quantitative estimate of drug-likeness (QED) is 0.491. The van der Waals surface area contributed by atoms with Crippen LogP contribution >= 0.6 is 0 Å². The van der Waals surface area contributed by atoms with E-state index in [9.17, 15) is 5.26 Å². The molecule has 3 heteroatoms. The lowest BCUT2D eigenvalue weighted by molar-refractivity contribution is -0.603. The van der Waals surface area contributed by atoms with Crippen LogP contribution in [0, 0.1) is 25.2 Å². The lowest BCUT2D eigenvalue weighted by Gasteiger charge is -2.11. The summed E-state index contributed by atoms with van der Waals surface area (Å²) in [5.41, 5.74) is 7.41. The number of aromatic nitrogens is 2. The fraction of sp³-hybridized carbons (Fsp3) is 0.130. The maximum atomic E-state index is 9.58. The van der Waals surface area contributed by atoms with Gasteiger partial charge in [0, 0.05) is 59.9 Å². The summed E-state index contributed by atoms with van der Waals surface area (Å²) in [4.78, 5) is 0. The zero-order chi connectivity index (χ0) is 18.3. The number of nitriles is 1. The first-order chi connectivity index (χ1) is 12.6. The van der Waals surface area contributed by atoms with E-state index in [-0.39, 0.29) is 0 Å². The van der Waals surface area contributed by atoms with Crippen molar-refractivity contribution in [3.05, 3.63) is 83.7 Å². The number of benzene rings is 2. The standard InChI is InChI=1S/C23H20N3/c1-16-8-6-7-11-26(16)22-13-18(15-24)12-20(17(22)2)23-14-19-9-4-5-10-21(19)25(23)3/h4-14H,1-3H3/q+1. The molecular formula is C23H20N3+. The Morgan fingerprint density at radius 1 is 0.962 bits per heavy atom. The van der Waals surface area contributed by atoms with E-state index < -0.39 is 0 Å². The van der Waals surface area contributed by atoms with E-state index in [0.717, 1.165) is 28.2 Å². The van der Waals surface area contributed by atoms with Gasteiger partial charge in [0.05, 0.1) is 11.6 Å².